The molecule has 4 rings (SSSR count). The lowest BCUT2D eigenvalue weighted by Gasteiger charge is -2.13. The topological polar surface area (TPSA) is 100 Å². The van der Waals surface area contributed by atoms with Crippen molar-refractivity contribution in [3.05, 3.63) is 90.1 Å². The highest BCUT2D eigenvalue weighted by atomic mass is 32.1. The average Bonchev–Trinajstić information content (AvgIpc) is 3.16. The van der Waals surface area contributed by atoms with Crippen LogP contribution in [0.3, 0.4) is 0 Å². The predicted molar refractivity (Wildman–Crippen MR) is 123 cm³/mol. The molecule has 0 aliphatic heterocycles. The second-order valence-electron chi connectivity index (χ2n) is 6.67. The molecule has 0 fully saturated rings. The van der Waals surface area contributed by atoms with Gasteiger partial charge in [0.15, 0.2) is 17.1 Å². The first-order chi connectivity index (χ1) is 14.5. The van der Waals surface area contributed by atoms with E-state index in [2.05, 4.69) is 22.2 Å². The summed E-state index contributed by atoms with van der Waals surface area (Å²) in [5, 5.41) is 19.8. The van der Waals surface area contributed by atoms with Crippen molar-refractivity contribution in [2.45, 2.75) is 6.23 Å². The molecule has 0 radical (unpaired) electrons. The zero-order valence-electron chi connectivity index (χ0n) is 16.0. The Hall–Kier alpha value is -3.68. The number of nitrogens with one attached hydrogen (secondary N) is 2. The summed E-state index contributed by atoms with van der Waals surface area (Å²) in [4.78, 5) is 16.2. The van der Waals surface area contributed by atoms with Crippen molar-refractivity contribution in [3.63, 3.8) is 0 Å². The number of primary amides is 1. The van der Waals surface area contributed by atoms with Crippen LogP contribution in [0.1, 0.15) is 27.8 Å². The van der Waals surface area contributed by atoms with E-state index in [0.717, 1.165) is 22.0 Å². The minimum atomic E-state index is -1.02. The molecule has 0 aliphatic carbocycles. The van der Waals surface area contributed by atoms with Crippen LogP contribution >= 0.6 is 11.3 Å². The molecule has 6 nitrogen and oxygen atoms in total. The summed E-state index contributed by atoms with van der Waals surface area (Å²) in [6.45, 7) is 3.71. The Kier molecular flexibility index (Phi) is 5.47. The number of hydrogen-bond acceptors (Lipinski definition) is 6. The van der Waals surface area contributed by atoms with Crippen LogP contribution in [-0.2, 0) is 0 Å². The van der Waals surface area contributed by atoms with Gasteiger partial charge in [0.05, 0.1) is 0 Å². The maximum Gasteiger partial charge on any atom is 0.270 e. The van der Waals surface area contributed by atoms with E-state index in [1.807, 2.05) is 54.6 Å². The normalized spacial score (nSPS) is 11.8. The number of aliphatic hydroxyl groups is 1. The van der Waals surface area contributed by atoms with Gasteiger partial charge in [0, 0.05) is 11.3 Å². The molecule has 0 aliphatic rings. The summed E-state index contributed by atoms with van der Waals surface area (Å²) in [7, 11) is 0. The van der Waals surface area contributed by atoms with E-state index in [9.17, 15) is 9.90 Å². The number of nitrogens with zero attached hydrogens (tertiary/aromatic N) is 1. The summed E-state index contributed by atoms with van der Waals surface area (Å²) in [6, 6.07) is 21.3. The Morgan fingerprint density at radius 2 is 1.83 bits per heavy atom. The van der Waals surface area contributed by atoms with Crippen molar-refractivity contribution < 1.29 is 9.90 Å². The van der Waals surface area contributed by atoms with Gasteiger partial charge in [-0.3, -0.25) is 4.79 Å². The van der Waals surface area contributed by atoms with E-state index in [0.29, 0.717) is 15.7 Å². The van der Waals surface area contributed by atoms with E-state index in [-0.39, 0.29) is 5.69 Å². The molecule has 7 heteroatoms. The van der Waals surface area contributed by atoms with Gasteiger partial charge in [-0.1, -0.05) is 78.6 Å². The summed E-state index contributed by atoms with van der Waals surface area (Å²) in [5.74, 6) is -0.672. The van der Waals surface area contributed by atoms with Crippen molar-refractivity contribution in [3.8, 4) is 0 Å². The lowest BCUT2D eigenvalue weighted by molar-refractivity contribution is 0.0997. The number of aromatic nitrogens is 1. The van der Waals surface area contributed by atoms with Crippen LogP contribution in [0.2, 0.25) is 0 Å². The average molecular weight is 417 g/mol. The molecule has 0 saturated carbocycles. The zero-order valence-corrected chi connectivity index (χ0v) is 16.8. The SMILES string of the molecule is C=Cc1ccc(C(O)Nc2sc(Nc3ccc4ccccc4c3)nc2C(N)=O)cc1. The lowest BCUT2D eigenvalue weighted by Crippen LogP contribution is -2.16. The molecule has 5 N–H and O–H groups in total. The van der Waals surface area contributed by atoms with E-state index in [1.54, 1.807) is 18.2 Å². The largest absolute Gasteiger partial charge is 0.369 e. The van der Waals surface area contributed by atoms with Crippen molar-refractivity contribution in [1.29, 1.82) is 0 Å². The maximum absolute atomic E-state index is 11.9. The van der Waals surface area contributed by atoms with Gasteiger partial charge in [-0.2, -0.15) is 0 Å². The smallest absolute Gasteiger partial charge is 0.270 e. The number of hydrogen-bond donors (Lipinski definition) is 4. The van der Waals surface area contributed by atoms with E-state index >= 15 is 0 Å². The fraction of sp³-hybridized carbons (Fsp3) is 0.0435. The van der Waals surface area contributed by atoms with Crippen LogP contribution < -0.4 is 16.4 Å². The number of fused-ring (bicyclic) bond motifs is 1. The van der Waals surface area contributed by atoms with Crippen LogP contribution in [0.4, 0.5) is 15.8 Å². The quantitative estimate of drug-likeness (QED) is 0.322. The highest BCUT2D eigenvalue weighted by Crippen LogP contribution is 2.33. The Balaban J connectivity index is 1.57. The minimum absolute atomic E-state index is 0.0741. The monoisotopic (exact) mass is 416 g/mol. The first-order valence-corrected chi connectivity index (χ1v) is 10.1. The van der Waals surface area contributed by atoms with Crippen molar-refractivity contribution in [2.24, 2.45) is 5.73 Å². The van der Waals surface area contributed by atoms with Crippen molar-refractivity contribution >= 4 is 49.9 Å². The third-order valence-corrected chi connectivity index (χ3v) is 5.52. The van der Waals surface area contributed by atoms with E-state index < -0.39 is 12.1 Å². The summed E-state index contributed by atoms with van der Waals surface area (Å²) in [5.41, 5.74) is 8.00. The van der Waals surface area contributed by atoms with Gasteiger partial charge in [0.25, 0.3) is 5.91 Å². The molecule has 0 saturated heterocycles. The molecule has 1 amide bonds. The second kappa shape index (κ2) is 8.36. The first kappa shape index (κ1) is 19.6. The molecule has 150 valence electrons. The molecule has 1 atom stereocenters. The third kappa shape index (κ3) is 4.17. The lowest BCUT2D eigenvalue weighted by atomic mass is 10.1. The Morgan fingerprint density at radius 1 is 1.10 bits per heavy atom. The highest BCUT2D eigenvalue weighted by Gasteiger charge is 2.19. The van der Waals surface area contributed by atoms with Crippen LogP contribution in [0, 0.1) is 0 Å². The van der Waals surface area contributed by atoms with Crippen LogP contribution in [0.5, 0.6) is 0 Å². The van der Waals surface area contributed by atoms with Gasteiger partial charge in [-0.15, -0.1) is 0 Å². The van der Waals surface area contributed by atoms with Gasteiger partial charge >= 0.3 is 0 Å². The van der Waals surface area contributed by atoms with Gasteiger partial charge in [-0.05, 0) is 28.5 Å². The van der Waals surface area contributed by atoms with E-state index in [4.69, 9.17) is 5.73 Å². The van der Waals surface area contributed by atoms with Gasteiger partial charge in [0.2, 0.25) is 0 Å². The summed E-state index contributed by atoms with van der Waals surface area (Å²) in [6.07, 6.45) is 0.707. The van der Waals surface area contributed by atoms with Crippen LogP contribution in [-0.4, -0.2) is 16.0 Å². The number of carbonyl (C=O) groups excluding carboxylic acids is 1. The van der Waals surface area contributed by atoms with Crippen LogP contribution in [0.15, 0.2) is 73.3 Å². The number of thiazole rings is 1. The fourth-order valence-corrected chi connectivity index (χ4v) is 3.96. The Labute approximate surface area is 177 Å². The zero-order chi connectivity index (χ0) is 21.1. The first-order valence-electron chi connectivity index (χ1n) is 9.27. The number of nitrogens with two attached hydrogens (primary N) is 1. The third-order valence-electron chi connectivity index (χ3n) is 4.62. The summed E-state index contributed by atoms with van der Waals surface area (Å²) >= 11 is 1.21. The molecular weight excluding hydrogens is 396 g/mol. The number of amides is 1. The molecule has 4 aromatic rings. The Bertz CT molecular complexity index is 1220. The van der Waals surface area contributed by atoms with Gasteiger partial charge < -0.3 is 21.5 Å². The number of rotatable bonds is 7. The molecule has 0 bridgehead atoms. The number of benzene rings is 3. The molecule has 0 spiro atoms. The minimum Gasteiger partial charge on any atom is -0.369 e. The highest BCUT2D eigenvalue weighted by molar-refractivity contribution is 7.19. The van der Waals surface area contributed by atoms with Crippen molar-refractivity contribution in [2.75, 3.05) is 10.6 Å². The molecule has 30 heavy (non-hydrogen) atoms. The molecule has 1 heterocycles. The molecule has 3 aromatic carbocycles. The number of anilines is 3. The van der Waals surface area contributed by atoms with Crippen LogP contribution in [0.25, 0.3) is 16.8 Å². The number of carbonyl (C=O) groups is 1. The molecular formula is C23H20N4O2S. The standard InChI is InChI=1S/C23H20N4O2S/c1-2-14-7-9-16(10-8-14)21(29)27-22-19(20(24)28)26-23(30-22)25-18-12-11-15-5-3-4-6-17(15)13-18/h2-13,21,27,29H,1H2,(H2,24,28)(H,25,26). The molecule has 1 unspecified atom stereocenters. The second-order valence-corrected chi connectivity index (χ2v) is 7.66. The van der Waals surface area contributed by atoms with Gasteiger partial charge in [-0.25, -0.2) is 4.98 Å². The van der Waals surface area contributed by atoms with Gasteiger partial charge in [0.1, 0.15) is 5.00 Å². The van der Waals surface area contributed by atoms with E-state index in [1.165, 1.54) is 11.3 Å². The fourth-order valence-electron chi connectivity index (χ4n) is 3.05. The predicted octanol–water partition coefficient (Wildman–Crippen LogP) is 4.88. The van der Waals surface area contributed by atoms with Crippen molar-refractivity contribution in [1.82, 2.24) is 4.98 Å². The Morgan fingerprint density at radius 3 is 2.53 bits per heavy atom. The molecule has 1 aromatic heterocycles. The summed E-state index contributed by atoms with van der Waals surface area (Å²) < 4.78 is 0. The number of aliphatic hydroxyl groups excluding tert-OH is 1. The maximum atomic E-state index is 11.9.